The highest BCUT2D eigenvalue weighted by Gasteiger charge is 2.34. The molecule has 0 saturated carbocycles. The number of hydrogen-bond acceptors (Lipinski definition) is 6. The van der Waals surface area contributed by atoms with Gasteiger partial charge in [-0.1, -0.05) is 0 Å². The summed E-state index contributed by atoms with van der Waals surface area (Å²) in [5.41, 5.74) is 1.06. The van der Waals surface area contributed by atoms with Crippen LogP contribution in [0, 0.1) is 5.82 Å². The van der Waals surface area contributed by atoms with E-state index < -0.39 is 23.6 Å². The lowest BCUT2D eigenvalue weighted by Crippen LogP contribution is -2.43. The maximum Gasteiger partial charge on any atom is 0.419 e. The Morgan fingerprint density at radius 3 is 2.36 bits per heavy atom. The average Bonchev–Trinajstić information content (AvgIpc) is 2.91. The second-order valence-electron chi connectivity index (χ2n) is 8.94. The van der Waals surface area contributed by atoms with Crippen LogP contribution in [-0.2, 0) is 12.7 Å². The molecule has 1 aliphatic heterocycles. The Hall–Kier alpha value is -4.29. The minimum Gasteiger partial charge on any atom is -0.457 e. The van der Waals surface area contributed by atoms with Gasteiger partial charge in [0, 0.05) is 50.2 Å². The van der Waals surface area contributed by atoms with Gasteiger partial charge in [-0.25, -0.2) is 14.2 Å². The fourth-order valence-electron chi connectivity index (χ4n) is 4.12. The summed E-state index contributed by atoms with van der Waals surface area (Å²) in [6, 6.07) is 13.3. The molecule has 5 rings (SSSR count). The first-order valence-corrected chi connectivity index (χ1v) is 12.1. The lowest BCUT2D eigenvalue weighted by atomic mass is 10.2. The first-order chi connectivity index (χ1) is 18.7. The second-order valence-corrected chi connectivity index (χ2v) is 8.94. The van der Waals surface area contributed by atoms with Crippen LogP contribution in [0.5, 0.6) is 11.5 Å². The van der Waals surface area contributed by atoms with E-state index in [2.05, 4.69) is 25.8 Å². The number of piperazine rings is 1. The monoisotopic (exact) mass is 540 g/mol. The molecule has 0 radical (unpaired) electrons. The number of hydrogen-bond donors (Lipinski definition) is 3. The van der Waals surface area contributed by atoms with Gasteiger partial charge in [-0.3, -0.25) is 9.88 Å². The molecule has 1 aromatic heterocycles. The quantitative estimate of drug-likeness (QED) is 0.275. The molecule has 8 nitrogen and oxygen atoms in total. The van der Waals surface area contributed by atoms with Gasteiger partial charge in [0.15, 0.2) is 0 Å². The van der Waals surface area contributed by atoms with Crippen LogP contribution in [0.25, 0.3) is 11.0 Å². The van der Waals surface area contributed by atoms with Crippen molar-refractivity contribution in [3.05, 3.63) is 83.9 Å². The highest BCUT2D eigenvalue weighted by molar-refractivity contribution is 5.99. The van der Waals surface area contributed by atoms with Gasteiger partial charge in [-0.15, -0.1) is 0 Å². The number of carbonyl (C=O) groups excluding carboxylic acids is 1. The third kappa shape index (κ3) is 6.78. The first-order valence-electron chi connectivity index (χ1n) is 12.1. The zero-order valence-corrected chi connectivity index (χ0v) is 20.6. The van der Waals surface area contributed by atoms with Gasteiger partial charge in [0.1, 0.15) is 17.3 Å². The predicted octanol–water partition coefficient (Wildman–Crippen LogP) is 5.63. The van der Waals surface area contributed by atoms with E-state index >= 15 is 0 Å². The molecular weight excluding hydrogens is 516 g/mol. The van der Waals surface area contributed by atoms with E-state index in [9.17, 15) is 22.4 Å². The number of nitrogens with one attached hydrogen (secondary N) is 3. The van der Waals surface area contributed by atoms with Gasteiger partial charge < -0.3 is 20.7 Å². The molecule has 3 aromatic carbocycles. The largest absolute Gasteiger partial charge is 0.457 e. The predicted molar refractivity (Wildman–Crippen MR) is 138 cm³/mol. The fraction of sp³-hybridized carbons (Fsp3) is 0.222. The Balaban J connectivity index is 1.20. The molecule has 1 fully saturated rings. The van der Waals surface area contributed by atoms with Gasteiger partial charge in [0.2, 0.25) is 0 Å². The molecule has 1 aliphatic rings. The number of fused-ring (bicyclic) bond motifs is 1. The van der Waals surface area contributed by atoms with Crippen LogP contribution in [0.4, 0.5) is 33.7 Å². The van der Waals surface area contributed by atoms with Crippen molar-refractivity contribution in [3.63, 3.8) is 0 Å². The number of nitrogens with zero attached hydrogens (tertiary/aromatic N) is 3. The number of urea groups is 1. The number of halogens is 4. The standard InChI is InChI=1S/C27H24F4N6O2/c28-23-7-3-18(13-22(23)27(29,30)31)36-26(38)35-17-1-4-20(5-2-17)39-21-6-8-24-25(14-21)34-19(15-33-24)16-37-11-9-32-10-12-37/h1-8,13-15,32H,9-12,16H2,(H2,35,36,38). The van der Waals surface area contributed by atoms with Crippen molar-refractivity contribution in [1.29, 1.82) is 0 Å². The minimum atomic E-state index is -4.88. The highest BCUT2D eigenvalue weighted by Crippen LogP contribution is 2.33. The summed E-state index contributed by atoms with van der Waals surface area (Å²) in [6.45, 7) is 4.55. The molecule has 12 heteroatoms. The van der Waals surface area contributed by atoms with E-state index in [-0.39, 0.29) is 5.69 Å². The van der Waals surface area contributed by atoms with Crippen LogP contribution in [-0.4, -0.2) is 47.1 Å². The number of rotatable bonds is 6. The summed E-state index contributed by atoms with van der Waals surface area (Å²) < 4.78 is 58.1. The number of ether oxygens (including phenoxy) is 1. The summed E-state index contributed by atoms with van der Waals surface area (Å²) in [5.74, 6) is -0.358. The van der Waals surface area contributed by atoms with E-state index in [1.165, 1.54) is 0 Å². The van der Waals surface area contributed by atoms with Crippen LogP contribution in [0.2, 0.25) is 0 Å². The number of benzene rings is 3. The molecule has 202 valence electrons. The molecule has 4 aromatic rings. The lowest BCUT2D eigenvalue weighted by molar-refractivity contribution is -0.139. The maximum absolute atomic E-state index is 13.5. The molecule has 0 unspecified atom stereocenters. The number of amides is 2. The van der Waals surface area contributed by atoms with E-state index in [1.807, 2.05) is 6.07 Å². The summed E-state index contributed by atoms with van der Waals surface area (Å²) in [5, 5.41) is 8.10. The normalized spacial score (nSPS) is 14.3. The van der Waals surface area contributed by atoms with Crippen molar-refractivity contribution in [1.82, 2.24) is 20.2 Å². The van der Waals surface area contributed by atoms with Crippen molar-refractivity contribution in [2.45, 2.75) is 12.7 Å². The molecule has 0 bridgehead atoms. The molecule has 0 spiro atoms. The second kappa shape index (κ2) is 11.2. The minimum absolute atomic E-state index is 0.198. The van der Waals surface area contributed by atoms with Gasteiger partial charge in [-0.2, -0.15) is 13.2 Å². The number of alkyl halides is 3. The van der Waals surface area contributed by atoms with Crippen LogP contribution in [0.1, 0.15) is 11.3 Å². The van der Waals surface area contributed by atoms with Crippen LogP contribution < -0.4 is 20.7 Å². The molecule has 2 amide bonds. The van der Waals surface area contributed by atoms with E-state index in [0.29, 0.717) is 34.8 Å². The van der Waals surface area contributed by atoms with Crippen LogP contribution in [0.15, 0.2) is 66.9 Å². The van der Waals surface area contributed by atoms with E-state index in [4.69, 9.17) is 9.72 Å². The van der Waals surface area contributed by atoms with Crippen molar-refractivity contribution in [2.75, 3.05) is 36.8 Å². The SMILES string of the molecule is O=C(Nc1ccc(Oc2ccc3ncc(CN4CCNCC4)nc3c2)cc1)Nc1ccc(F)c(C(F)(F)F)c1. The lowest BCUT2D eigenvalue weighted by Gasteiger charge is -2.26. The molecule has 0 atom stereocenters. The fourth-order valence-corrected chi connectivity index (χ4v) is 4.12. The topological polar surface area (TPSA) is 91.4 Å². The molecule has 3 N–H and O–H groups in total. The molecular formula is C27H24F4N6O2. The highest BCUT2D eigenvalue weighted by atomic mass is 19.4. The molecule has 39 heavy (non-hydrogen) atoms. The third-order valence-corrected chi connectivity index (χ3v) is 6.04. The third-order valence-electron chi connectivity index (χ3n) is 6.04. The molecule has 2 heterocycles. The maximum atomic E-state index is 13.5. The van der Waals surface area contributed by atoms with Crippen LogP contribution >= 0.6 is 0 Å². The molecule has 1 saturated heterocycles. The van der Waals surface area contributed by atoms with Gasteiger partial charge in [0.05, 0.1) is 28.5 Å². The summed E-state index contributed by atoms with van der Waals surface area (Å²) in [7, 11) is 0. The smallest absolute Gasteiger partial charge is 0.419 e. The molecule has 0 aliphatic carbocycles. The zero-order chi connectivity index (χ0) is 27.4. The Labute approximate surface area is 221 Å². The number of carbonyl (C=O) groups is 1. The van der Waals surface area contributed by atoms with Crippen molar-refractivity contribution in [2.24, 2.45) is 0 Å². The van der Waals surface area contributed by atoms with Crippen molar-refractivity contribution >= 4 is 28.4 Å². The Morgan fingerprint density at radius 2 is 1.62 bits per heavy atom. The van der Waals surface area contributed by atoms with Crippen molar-refractivity contribution in [3.8, 4) is 11.5 Å². The first kappa shape index (κ1) is 26.3. The van der Waals surface area contributed by atoms with Crippen molar-refractivity contribution < 1.29 is 27.1 Å². The van der Waals surface area contributed by atoms with E-state index in [1.54, 1.807) is 42.6 Å². The zero-order valence-electron chi connectivity index (χ0n) is 20.6. The Bertz CT molecular complexity index is 1470. The van der Waals surface area contributed by atoms with E-state index in [0.717, 1.165) is 50.0 Å². The summed E-state index contributed by atoms with van der Waals surface area (Å²) in [4.78, 5) is 23.8. The van der Waals surface area contributed by atoms with Gasteiger partial charge >= 0.3 is 12.2 Å². The number of anilines is 2. The Morgan fingerprint density at radius 1 is 0.923 bits per heavy atom. The summed E-state index contributed by atoms with van der Waals surface area (Å²) >= 11 is 0. The number of aromatic nitrogens is 2. The van der Waals surface area contributed by atoms with Gasteiger partial charge in [0.25, 0.3) is 0 Å². The summed E-state index contributed by atoms with van der Waals surface area (Å²) in [6.07, 6.45) is -3.09. The Kier molecular flexibility index (Phi) is 7.57. The average molecular weight is 541 g/mol. The van der Waals surface area contributed by atoms with Gasteiger partial charge in [-0.05, 0) is 54.6 Å². The van der Waals surface area contributed by atoms with Crippen LogP contribution in [0.3, 0.4) is 0 Å².